The molecule has 0 atom stereocenters. The van der Waals surface area contributed by atoms with Crippen molar-refractivity contribution in [3.8, 4) is 33.3 Å². The van der Waals surface area contributed by atoms with Gasteiger partial charge in [-0.05, 0) is 47.4 Å². The molecule has 4 N–H and O–H groups in total. The van der Waals surface area contributed by atoms with Crippen molar-refractivity contribution >= 4 is 39.1 Å². The Bertz CT molecular complexity index is 1740. The fourth-order valence-electron chi connectivity index (χ4n) is 4.85. The highest BCUT2D eigenvalue weighted by Crippen LogP contribution is 2.45. The second kappa shape index (κ2) is 8.39. The molecule has 180 valence electrons. The highest BCUT2D eigenvalue weighted by Gasteiger charge is 2.28. The standard InChI is InChI=1S/C27H21FN4O3S/c1-13(2)22-23(18-11-15(35-27-31-7-8-36-27)12-21-16(18)3-5-30-21)25(26(33)34)32-24(22)19-9-14(28)10-20-17(19)4-6-29-20/h3-13,29-30,32H,1-2H3,(H,33,34). The van der Waals surface area contributed by atoms with Crippen LogP contribution in [-0.4, -0.2) is 31.0 Å². The Balaban J connectivity index is 1.66. The number of halogens is 1. The number of aromatic carboxylic acids is 1. The molecule has 0 saturated carbocycles. The second-order valence-corrected chi connectivity index (χ2v) is 9.68. The smallest absolute Gasteiger partial charge is 0.352 e. The number of carboxylic acid groups (broad SMARTS) is 1. The third kappa shape index (κ3) is 3.56. The molecule has 6 aromatic rings. The van der Waals surface area contributed by atoms with Crippen LogP contribution in [-0.2, 0) is 0 Å². The Morgan fingerprint density at radius 3 is 2.44 bits per heavy atom. The molecule has 0 spiro atoms. The average molecular weight is 501 g/mol. The molecule has 0 fully saturated rings. The van der Waals surface area contributed by atoms with E-state index in [-0.39, 0.29) is 11.6 Å². The summed E-state index contributed by atoms with van der Waals surface area (Å²) >= 11 is 1.37. The summed E-state index contributed by atoms with van der Waals surface area (Å²) in [7, 11) is 0. The number of carbonyl (C=O) groups is 1. The van der Waals surface area contributed by atoms with E-state index in [2.05, 4.69) is 19.9 Å². The molecule has 7 nitrogen and oxygen atoms in total. The van der Waals surface area contributed by atoms with Gasteiger partial charge in [-0.25, -0.2) is 14.2 Å². The van der Waals surface area contributed by atoms with Gasteiger partial charge in [-0.2, -0.15) is 0 Å². The first-order valence-corrected chi connectivity index (χ1v) is 12.2. The van der Waals surface area contributed by atoms with E-state index in [9.17, 15) is 14.3 Å². The first kappa shape index (κ1) is 22.1. The number of carboxylic acids is 1. The molecule has 0 amide bonds. The highest BCUT2D eigenvalue weighted by molar-refractivity contribution is 7.11. The maximum Gasteiger partial charge on any atom is 0.352 e. The molecule has 0 radical (unpaired) electrons. The van der Waals surface area contributed by atoms with Gasteiger partial charge in [0.15, 0.2) is 0 Å². The molecule has 0 bridgehead atoms. The normalized spacial score (nSPS) is 11.7. The van der Waals surface area contributed by atoms with Gasteiger partial charge in [0, 0.05) is 63.0 Å². The number of aromatic nitrogens is 4. The number of nitrogens with one attached hydrogen (secondary N) is 3. The van der Waals surface area contributed by atoms with Crippen LogP contribution in [0.3, 0.4) is 0 Å². The van der Waals surface area contributed by atoms with Crippen molar-refractivity contribution in [2.24, 2.45) is 0 Å². The molecule has 4 aromatic heterocycles. The van der Waals surface area contributed by atoms with Crippen LogP contribution < -0.4 is 4.74 Å². The summed E-state index contributed by atoms with van der Waals surface area (Å²) in [4.78, 5) is 26.1. The SMILES string of the molecule is CC(C)c1c(-c2cc(F)cc3[nH]ccc23)[nH]c(C(=O)O)c1-c1cc(Oc2nccs2)cc2[nH]ccc12. The third-order valence-electron chi connectivity index (χ3n) is 6.26. The van der Waals surface area contributed by atoms with Crippen molar-refractivity contribution in [3.63, 3.8) is 0 Å². The summed E-state index contributed by atoms with van der Waals surface area (Å²) < 4.78 is 20.6. The van der Waals surface area contributed by atoms with E-state index in [0.717, 1.165) is 21.9 Å². The van der Waals surface area contributed by atoms with E-state index < -0.39 is 11.8 Å². The first-order valence-electron chi connectivity index (χ1n) is 11.4. The van der Waals surface area contributed by atoms with Crippen molar-refractivity contribution in [3.05, 3.63) is 77.4 Å². The van der Waals surface area contributed by atoms with Crippen LogP contribution >= 0.6 is 11.3 Å². The van der Waals surface area contributed by atoms with Crippen molar-refractivity contribution in [1.29, 1.82) is 0 Å². The fraction of sp³-hybridized carbons (Fsp3) is 0.111. The molecule has 0 unspecified atom stereocenters. The van der Waals surface area contributed by atoms with Crippen LogP contribution in [0.15, 0.2) is 60.4 Å². The van der Waals surface area contributed by atoms with Gasteiger partial charge in [-0.15, -0.1) is 0 Å². The maximum atomic E-state index is 14.6. The van der Waals surface area contributed by atoms with Crippen LogP contribution in [0.4, 0.5) is 4.39 Å². The minimum atomic E-state index is -1.10. The maximum absolute atomic E-state index is 14.6. The topological polar surface area (TPSA) is 107 Å². The number of ether oxygens (including phenoxy) is 1. The summed E-state index contributed by atoms with van der Waals surface area (Å²) in [5, 5.41) is 14.2. The molecule has 0 aliphatic rings. The van der Waals surface area contributed by atoms with E-state index in [1.165, 1.54) is 23.5 Å². The number of fused-ring (bicyclic) bond motifs is 2. The van der Waals surface area contributed by atoms with Gasteiger partial charge in [0.05, 0.1) is 5.69 Å². The molecule has 0 aliphatic heterocycles. The monoisotopic (exact) mass is 500 g/mol. The summed E-state index contributed by atoms with van der Waals surface area (Å²) in [5.74, 6) is -1.05. The van der Waals surface area contributed by atoms with Crippen molar-refractivity contribution in [2.45, 2.75) is 19.8 Å². The Labute approximate surface area is 208 Å². The number of nitrogens with zero attached hydrogens (tertiary/aromatic N) is 1. The van der Waals surface area contributed by atoms with Gasteiger partial charge in [-0.1, -0.05) is 25.2 Å². The van der Waals surface area contributed by atoms with Crippen molar-refractivity contribution < 1.29 is 19.0 Å². The van der Waals surface area contributed by atoms with Gasteiger partial charge in [0.1, 0.15) is 17.3 Å². The first-order chi connectivity index (χ1) is 17.4. The van der Waals surface area contributed by atoms with Crippen LogP contribution in [0.2, 0.25) is 0 Å². The van der Waals surface area contributed by atoms with Gasteiger partial charge < -0.3 is 24.8 Å². The molecular weight excluding hydrogens is 479 g/mol. The largest absolute Gasteiger partial charge is 0.477 e. The highest BCUT2D eigenvalue weighted by atomic mass is 32.1. The van der Waals surface area contributed by atoms with Crippen LogP contribution in [0.25, 0.3) is 44.2 Å². The summed E-state index contributed by atoms with van der Waals surface area (Å²) in [6.45, 7) is 4.00. The number of H-pyrrole nitrogens is 3. The number of hydrogen-bond acceptors (Lipinski definition) is 4. The minimum absolute atomic E-state index is 0.0375. The zero-order valence-corrected chi connectivity index (χ0v) is 20.2. The number of rotatable bonds is 6. The predicted molar refractivity (Wildman–Crippen MR) is 139 cm³/mol. The number of hydrogen-bond donors (Lipinski definition) is 4. The molecule has 9 heteroatoms. The second-order valence-electron chi connectivity index (χ2n) is 8.83. The van der Waals surface area contributed by atoms with Gasteiger partial charge in [-0.3, -0.25) is 0 Å². The van der Waals surface area contributed by atoms with E-state index in [1.807, 2.05) is 43.5 Å². The lowest BCUT2D eigenvalue weighted by Crippen LogP contribution is -2.00. The number of aromatic amines is 3. The molecular formula is C27H21FN4O3S. The van der Waals surface area contributed by atoms with Crippen LogP contribution in [0.5, 0.6) is 10.9 Å². The lowest BCUT2D eigenvalue weighted by molar-refractivity contribution is 0.0692. The Morgan fingerprint density at radius 1 is 1.06 bits per heavy atom. The van der Waals surface area contributed by atoms with E-state index in [4.69, 9.17) is 4.74 Å². The summed E-state index contributed by atoms with van der Waals surface area (Å²) in [5.41, 5.74) is 4.69. The zero-order valence-electron chi connectivity index (χ0n) is 19.3. The lowest BCUT2D eigenvalue weighted by atomic mass is 9.89. The molecule has 2 aromatic carbocycles. The van der Waals surface area contributed by atoms with Crippen molar-refractivity contribution in [1.82, 2.24) is 19.9 Å². The summed E-state index contributed by atoms with van der Waals surface area (Å²) in [6, 6.07) is 10.3. The predicted octanol–water partition coefficient (Wildman–Crippen LogP) is 7.52. The molecule has 6 rings (SSSR count). The number of benzene rings is 2. The third-order valence-corrected chi connectivity index (χ3v) is 6.91. The van der Waals surface area contributed by atoms with Gasteiger partial charge in [0.25, 0.3) is 5.19 Å². The quantitative estimate of drug-likeness (QED) is 0.190. The van der Waals surface area contributed by atoms with Gasteiger partial charge in [0.2, 0.25) is 0 Å². The van der Waals surface area contributed by atoms with Crippen LogP contribution in [0.1, 0.15) is 35.8 Å². The Hall–Kier alpha value is -4.37. The van der Waals surface area contributed by atoms with E-state index >= 15 is 0 Å². The lowest BCUT2D eigenvalue weighted by Gasteiger charge is -2.14. The van der Waals surface area contributed by atoms with Gasteiger partial charge >= 0.3 is 5.97 Å². The Morgan fingerprint density at radius 2 is 1.78 bits per heavy atom. The Kier molecular flexibility index (Phi) is 5.15. The summed E-state index contributed by atoms with van der Waals surface area (Å²) in [6.07, 6.45) is 5.21. The van der Waals surface area contributed by atoms with E-state index in [0.29, 0.717) is 38.8 Å². The molecule has 4 heterocycles. The zero-order chi connectivity index (χ0) is 25.0. The molecule has 36 heavy (non-hydrogen) atoms. The average Bonchev–Trinajstić information content (AvgIpc) is 3.63. The fourth-order valence-corrected chi connectivity index (χ4v) is 5.36. The molecule has 0 aliphatic carbocycles. The minimum Gasteiger partial charge on any atom is -0.477 e. The van der Waals surface area contributed by atoms with Crippen LogP contribution in [0, 0.1) is 5.82 Å². The number of thiazole rings is 1. The molecule has 0 saturated heterocycles. The van der Waals surface area contributed by atoms with Crippen molar-refractivity contribution in [2.75, 3.05) is 0 Å². The van der Waals surface area contributed by atoms with E-state index in [1.54, 1.807) is 18.6 Å².